The van der Waals surface area contributed by atoms with Crippen LogP contribution in [-0.2, 0) is 9.53 Å². The molecule has 110 valence electrons. The van der Waals surface area contributed by atoms with Crippen LogP contribution in [0.5, 0.6) is 0 Å². The number of aliphatic hydroxyl groups excluding tert-OH is 1. The van der Waals surface area contributed by atoms with E-state index in [0.717, 1.165) is 32.5 Å². The maximum Gasteiger partial charge on any atom is 0.127 e. The van der Waals surface area contributed by atoms with Crippen molar-refractivity contribution < 1.29 is 14.6 Å². The molecule has 2 fully saturated rings. The summed E-state index contributed by atoms with van der Waals surface area (Å²) in [6.07, 6.45) is 8.13. The van der Waals surface area contributed by atoms with Gasteiger partial charge in [0.2, 0.25) is 0 Å². The van der Waals surface area contributed by atoms with Crippen LogP contribution in [0.4, 0.5) is 0 Å². The van der Waals surface area contributed by atoms with Crippen molar-refractivity contribution in [3.05, 3.63) is 0 Å². The molecule has 2 rings (SSSR count). The smallest absolute Gasteiger partial charge is 0.127 e. The molecule has 1 saturated heterocycles. The van der Waals surface area contributed by atoms with E-state index < -0.39 is 0 Å². The molecule has 4 nitrogen and oxygen atoms in total. The lowest BCUT2D eigenvalue weighted by molar-refractivity contribution is -0.124. The summed E-state index contributed by atoms with van der Waals surface area (Å²) < 4.78 is 5.67. The summed E-state index contributed by atoms with van der Waals surface area (Å²) in [4.78, 5) is 13.9. The van der Waals surface area contributed by atoms with Gasteiger partial charge in [-0.15, -0.1) is 0 Å². The van der Waals surface area contributed by atoms with E-state index in [-0.39, 0.29) is 24.2 Å². The summed E-state index contributed by atoms with van der Waals surface area (Å²) in [5, 5.41) is 9.28. The van der Waals surface area contributed by atoms with E-state index in [9.17, 15) is 9.90 Å². The molecule has 1 saturated carbocycles. The Bertz CT molecular complexity index is 287. The highest BCUT2D eigenvalue weighted by molar-refractivity contribution is 5.59. The van der Waals surface area contributed by atoms with Crippen molar-refractivity contribution in [1.82, 2.24) is 4.90 Å². The average Bonchev–Trinajstić information content (AvgIpc) is 2.64. The van der Waals surface area contributed by atoms with Gasteiger partial charge in [0.1, 0.15) is 6.29 Å². The molecule has 1 N–H and O–H groups in total. The van der Waals surface area contributed by atoms with Gasteiger partial charge in [0, 0.05) is 25.0 Å². The van der Waals surface area contributed by atoms with Crippen LogP contribution >= 0.6 is 0 Å². The van der Waals surface area contributed by atoms with Crippen LogP contribution < -0.4 is 0 Å². The summed E-state index contributed by atoms with van der Waals surface area (Å²) in [6, 6.07) is 0. The van der Waals surface area contributed by atoms with Crippen molar-refractivity contribution in [3.8, 4) is 0 Å². The van der Waals surface area contributed by atoms with E-state index >= 15 is 0 Å². The molecule has 0 spiro atoms. The zero-order chi connectivity index (χ0) is 13.7. The molecule has 2 aliphatic rings. The van der Waals surface area contributed by atoms with Gasteiger partial charge < -0.3 is 14.6 Å². The van der Waals surface area contributed by atoms with Crippen molar-refractivity contribution in [3.63, 3.8) is 0 Å². The maximum atomic E-state index is 11.6. The molecule has 1 heterocycles. The van der Waals surface area contributed by atoms with Gasteiger partial charge in [0.05, 0.1) is 18.8 Å². The van der Waals surface area contributed by atoms with Gasteiger partial charge in [-0.25, -0.2) is 0 Å². The van der Waals surface area contributed by atoms with Crippen LogP contribution in [0.3, 0.4) is 0 Å². The molecule has 4 heteroatoms. The second kappa shape index (κ2) is 6.82. The number of carbonyl (C=O) groups is 1. The SMILES string of the molecule is CC1CN(CC2(C=O)CCCCCC2)CC(CO)O1. The molecular weight excluding hydrogens is 242 g/mol. The fraction of sp³-hybridized carbons (Fsp3) is 0.933. The van der Waals surface area contributed by atoms with E-state index in [2.05, 4.69) is 4.90 Å². The van der Waals surface area contributed by atoms with Gasteiger partial charge in [0.25, 0.3) is 0 Å². The molecule has 1 aliphatic heterocycles. The van der Waals surface area contributed by atoms with Crippen LogP contribution in [0, 0.1) is 5.41 Å². The normalized spacial score (nSPS) is 32.7. The molecule has 2 unspecified atom stereocenters. The maximum absolute atomic E-state index is 11.6. The van der Waals surface area contributed by atoms with Crippen molar-refractivity contribution in [2.75, 3.05) is 26.2 Å². The Hall–Kier alpha value is -0.450. The monoisotopic (exact) mass is 269 g/mol. The van der Waals surface area contributed by atoms with Crippen LogP contribution in [0.15, 0.2) is 0 Å². The zero-order valence-corrected chi connectivity index (χ0v) is 12.0. The third-order valence-electron chi connectivity index (χ3n) is 4.49. The number of aldehydes is 1. The largest absolute Gasteiger partial charge is 0.394 e. The van der Waals surface area contributed by atoms with E-state index in [0.29, 0.717) is 0 Å². The van der Waals surface area contributed by atoms with Crippen LogP contribution in [-0.4, -0.2) is 54.7 Å². The number of carbonyl (C=O) groups excluding carboxylic acids is 1. The predicted octanol–water partition coefficient (Wildman–Crippen LogP) is 1.61. The molecule has 0 aromatic carbocycles. The Balaban J connectivity index is 1.98. The minimum Gasteiger partial charge on any atom is -0.394 e. The lowest BCUT2D eigenvalue weighted by atomic mass is 9.81. The summed E-state index contributed by atoms with van der Waals surface area (Å²) >= 11 is 0. The number of rotatable bonds is 4. The number of ether oxygens (including phenoxy) is 1. The Labute approximate surface area is 116 Å². The highest BCUT2D eigenvalue weighted by Crippen LogP contribution is 2.34. The second-order valence-corrected chi connectivity index (χ2v) is 6.34. The first kappa shape index (κ1) is 14.9. The number of nitrogens with zero attached hydrogens (tertiary/aromatic N) is 1. The van der Waals surface area contributed by atoms with Crippen LogP contribution in [0.2, 0.25) is 0 Å². The Morgan fingerprint density at radius 1 is 1.26 bits per heavy atom. The van der Waals surface area contributed by atoms with E-state index in [4.69, 9.17) is 4.74 Å². The number of hydrogen-bond donors (Lipinski definition) is 1. The van der Waals surface area contributed by atoms with Crippen LogP contribution in [0.25, 0.3) is 0 Å². The van der Waals surface area contributed by atoms with Gasteiger partial charge in [-0.2, -0.15) is 0 Å². The minimum atomic E-state index is -0.159. The fourth-order valence-electron chi connectivity index (χ4n) is 3.56. The molecule has 1 aliphatic carbocycles. The third kappa shape index (κ3) is 4.01. The summed E-state index contributed by atoms with van der Waals surface area (Å²) in [6.45, 7) is 4.55. The van der Waals surface area contributed by atoms with Gasteiger partial charge in [0.15, 0.2) is 0 Å². The predicted molar refractivity (Wildman–Crippen MR) is 74.1 cm³/mol. The first-order chi connectivity index (χ1) is 9.17. The molecule has 0 bridgehead atoms. The van der Waals surface area contributed by atoms with Gasteiger partial charge in [-0.05, 0) is 19.8 Å². The highest BCUT2D eigenvalue weighted by Gasteiger charge is 2.35. The molecule has 0 amide bonds. The number of aliphatic hydroxyl groups is 1. The Morgan fingerprint density at radius 3 is 2.53 bits per heavy atom. The van der Waals surface area contributed by atoms with Crippen molar-refractivity contribution in [2.45, 2.75) is 57.7 Å². The lowest BCUT2D eigenvalue weighted by Gasteiger charge is -2.40. The van der Waals surface area contributed by atoms with E-state index in [1.807, 2.05) is 6.92 Å². The van der Waals surface area contributed by atoms with Crippen molar-refractivity contribution >= 4 is 6.29 Å². The van der Waals surface area contributed by atoms with Gasteiger partial charge in [-0.3, -0.25) is 4.90 Å². The molecule has 0 radical (unpaired) electrons. The minimum absolute atomic E-state index is 0.0644. The first-order valence-corrected chi connectivity index (χ1v) is 7.62. The topological polar surface area (TPSA) is 49.8 Å². The fourth-order valence-corrected chi connectivity index (χ4v) is 3.56. The first-order valence-electron chi connectivity index (χ1n) is 7.62. The second-order valence-electron chi connectivity index (χ2n) is 6.34. The quantitative estimate of drug-likeness (QED) is 0.622. The molecule has 19 heavy (non-hydrogen) atoms. The summed E-state index contributed by atoms with van der Waals surface area (Å²) in [7, 11) is 0. The standard InChI is InChI=1S/C15H27NO3/c1-13-8-16(9-14(10-17)19-13)11-15(12-18)6-4-2-3-5-7-15/h12-14,17H,2-11H2,1H3. The van der Waals surface area contributed by atoms with Crippen LogP contribution in [0.1, 0.15) is 45.4 Å². The molecule has 0 aromatic heterocycles. The summed E-state index contributed by atoms with van der Waals surface area (Å²) in [5.74, 6) is 0. The molecule has 0 aromatic rings. The van der Waals surface area contributed by atoms with E-state index in [1.165, 1.54) is 32.0 Å². The lowest BCUT2D eigenvalue weighted by Crippen LogP contribution is -2.51. The Morgan fingerprint density at radius 2 is 1.95 bits per heavy atom. The molecular formula is C15H27NO3. The molecule has 2 atom stereocenters. The van der Waals surface area contributed by atoms with E-state index in [1.54, 1.807) is 0 Å². The van der Waals surface area contributed by atoms with Gasteiger partial charge >= 0.3 is 0 Å². The third-order valence-corrected chi connectivity index (χ3v) is 4.49. The zero-order valence-electron chi connectivity index (χ0n) is 12.0. The summed E-state index contributed by atoms with van der Waals surface area (Å²) in [5.41, 5.74) is -0.159. The average molecular weight is 269 g/mol. The van der Waals surface area contributed by atoms with Crippen molar-refractivity contribution in [2.24, 2.45) is 5.41 Å². The number of morpholine rings is 1. The highest BCUT2D eigenvalue weighted by atomic mass is 16.5. The van der Waals surface area contributed by atoms with Crippen molar-refractivity contribution in [1.29, 1.82) is 0 Å². The number of hydrogen-bond acceptors (Lipinski definition) is 4. The Kier molecular flexibility index (Phi) is 5.37. The van der Waals surface area contributed by atoms with Gasteiger partial charge in [-0.1, -0.05) is 25.7 Å².